The normalized spacial score (nSPS) is 10.7. The topological polar surface area (TPSA) is 79.5 Å². The van der Waals surface area contributed by atoms with Crippen molar-refractivity contribution in [3.63, 3.8) is 0 Å². The summed E-state index contributed by atoms with van der Waals surface area (Å²) in [6.45, 7) is 2.13. The number of carbonyl (C=O) groups excluding carboxylic acids is 1. The standard InChI is InChI=1S/C16H15NO4/c1-11-7-14(10-21-11)16(20)17-9-13-4-2-3-12(8-13)5-6-15(18)19/h2-8,10H,9H2,1H3,(H,17,20)(H,18,19)/b6-5+. The largest absolute Gasteiger partial charge is 0.478 e. The molecule has 0 spiro atoms. The van der Waals surface area contributed by atoms with Crippen LogP contribution in [-0.4, -0.2) is 17.0 Å². The van der Waals surface area contributed by atoms with Crippen LogP contribution in [-0.2, 0) is 11.3 Å². The van der Waals surface area contributed by atoms with Crippen LogP contribution < -0.4 is 5.32 Å². The lowest BCUT2D eigenvalue weighted by atomic mass is 10.1. The SMILES string of the molecule is Cc1cc(C(=O)NCc2cccc(/C=C/C(=O)O)c2)co1. The fourth-order valence-electron chi connectivity index (χ4n) is 1.82. The molecule has 0 radical (unpaired) electrons. The van der Waals surface area contributed by atoms with Crippen LogP contribution in [0.1, 0.15) is 27.2 Å². The van der Waals surface area contributed by atoms with E-state index >= 15 is 0 Å². The number of rotatable bonds is 5. The van der Waals surface area contributed by atoms with E-state index in [0.717, 1.165) is 17.2 Å². The summed E-state index contributed by atoms with van der Waals surface area (Å²) in [4.78, 5) is 22.3. The highest BCUT2D eigenvalue weighted by Crippen LogP contribution is 2.09. The number of carboxylic acid groups (broad SMARTS) is 1. The van der Waals surface area contributed by atoms with E-state index < -0.39 is 5.97 Å². The van der Waals surface area contributed by atoms with E-state index in [1.54, 1.807) is 19.1 Å². The van der Waals surface area contributed by atoms with E-state index in [4.69, 9.17) is 9.52 Å². The van der Waals surface area contributed by atoms with Gasteiger partial charge < -0.3 is 14.8 Å². The molecular weight excluding hydrogens is 270 g/mol. The van der Waals surface area contributed by atoms with Crippen molar-refractivity contribution in [2.75, 3.05) is 0 Å². The number of hydrogen-bond donors (Lipinski definition) is 2. The summed E-state index contributed by atoms with van der Waals surface area (Å²) in [7, 11) is 0. The second-order valence-corrected chi connectivity index (χ2v) is 4.55. The van der Waals surface area contributed by atoms with E-state index in [1.807, 2.05) is 18.2 Å². The number of carboxylic acids is 1. The summed E-state index contributed by atoms with van der Waals surface area (Å²) >= 11 is 0. The molecule has 0 bridgehead atoms. The molecule has 21 heavy (non-hydrogen) atoms. The highest BCUT2D eigenvalue weighted by Gasteiger charge is 2.07. The Labute approximate surface area is 121 Å². The molecule has 0 saturated carbocycles. The Hall–Kier alpha value is -2.82. The monoisotopic (exact) mass is 285 g/mol. The maximum atomic E-state index is 11.9. The Kier molecular flexibility index (Phi) is 4.56. The third-order valence-electron chi connectivity index (χ3n) is 2.82. The minimum absolute atomic E-state index is 0.210. The van der Waals surface area contributed by atoms with Crippen molar-refractivity contribution in [1.29, 1.82) is 0 Å². The number of nitrogens with one attached hydrogen (secondary N) is 1. The zero-order valence-corrected chi connectivity index (χ0v) is 11.5. The molecule has 0 fully saturated rings. The Bertz CT molecular complexity index is 685. The molecule has 0 atom stereocenters. The molecule has 0 unspecified atom stereocenters. The van der Waals surface area contributed by atoms with Gasteiger partial charge in [-0.15, -0.1) is 0 Å². The zero-order chi connectivity index (χ0) is 15.2. The van der Waals surface area contributed by atoms with Gasteiger partial charge in [0.1, 0.15) is 12.0 Å². The molecule has 5 heteroatoms. The van der Waals surface area contributed by atoms with Gasteiger partial charge in [-0.05, 0) is 36.3 Å². The fourth-order valence-corrected chi connectivity index (χ4v) is 1.82. The molecule has 0 aliphatic rings. The fraction of sp³-hybridized carbons (Fsp3) is 0.125. The first kappa shape index (κ1) is 14.6. The number of carbonyl (C=O) groups is 2. The van der Waals surface area contributed by atoms with Crippen molar-refractivity contribution in [1.82, 2.24) is 5.32 Å². The molecule has 1 aromatic heterocycles. The lowest BCUT2D eigenvalue weighted by Gasteiger charge is -2.04. The van der Waals surface area contributed by atoms with Crippen LogP contribution in [0.5, 0.6) is 0 Å². The van der Waals surface area contributed by atoms with Gasteiger partial charge in [0.05, 0.1) is 5.56 Å². The lowest BCUT2D eigenvalue weighted by Crippen LogP contribution is -2.22. The summed E-state index contributed by atoms with van der Waals surface area (Å²) < 4.78 is 5.09. The molecule has 2 N–H and O–H groups in total. The summed E-state index contributed by atoms with van der Waals surface area (Å²) in [5.74, 6) is -0.525. The first-order valence-corrected chi connectivity index (χ1v) is 6.38. The highest BCUT2D eigenvalue weighted by molar-refractivity contribution is 5.93. The van der Waals surface area contributed by atoms with E-state index in [2.05, 4.69) is 5.32 Å². The lowest BCUT2D eigenvalue weighted by molar-refractivity contribution is -0.131. The maximum absolute atomic E-state index is 11.9. The van der Waals surface area contributed by atoms with Crippen LogP contribution in [0.15, 0.2) is 47.1 Å². The number of hydrogen-bond acceptors (Lipinski definition) is 3. The zero-order valence-electron chi connectivity index (χ0n) is 11.5. The van der Waals surface area contributed by atoms with Gasteiger partial charge in [0.25, 0.3) is 5.91 Å². The van der Waals surface area contributed by atoms with Gasteiger partial charge in [-0.2, -0.15) is 0 Å². The second kappa shape index (κ2) is 6.56. The molecule has 1 amide bonds. The van der Waals surface area contributed by atoms with Gasteiger partial charge in [0, 0.05) is 12.6 Å². The number of amides is 1. The number of aryl methyl sites for hydroxylation is 1. The van der Waals surface area contributed by atoms with Crippen molar-refractivity contribution < 1.29 is 19.1 Å². The Morgan fingerprint density at radius 1 is 1.33 bits per heavy atom. The summed E-state index contributed by atoms with van der Waals surface area (Å²) in [5, 5.41) is 11.4. The minimum atomic E-state index is -0.996. The molecule has 2 aromatic rings. The van der Waals surface area contributed by atoms with Gasteiger partial charge in [0.15, 0.2) is 0 Å². The summed E-state index contributed by atoms with van der Waals surface area (Å²) in [6.07, 6.45) is 4.00. The first-order chi connectivity index (χ1) is 10.0. The van der Waals surface area contributed by atoms with E-state index in [9.17, 15) is 9.59 Å². The predicted octanol–water partition coefficient (Wildman–Crippen LogP) is 2.62. The van der Waals surface area contributed by atoms with Crippen molar-refractivity contribution in [2.24, 2.45) is 0 Å². The van der Waals surface area contributed by atoms with E-state index in [1.165, 1.54) is 12.3 Å². The van der Waals surface area contributed by atoms with Crippen LogP contribution in [0.3, 0.4) is 0 Å². The van der Waals surface area contributed by atoms with E-state index in [-0.39, 0.29) is 5.91 Å². The molecular formula is C16H15NO4. The second-order valence-electron chi connectivity index (χ2n) is 4.55. The van der Waals surface area contributed by atoms with Crippen molar-refractivity contribution in [3.05, 3.63) is 65.1 Å². The van der Waals surface area contributed by atoms with Crippen LogP contribution in [0.2, 0.25) is 0 Å². The van der Waals surface area contributed by atoms with Crippen LogP contribution >= 0.6 is 0 Å². The number of aliphatic carboxylic acids is 1. The van der Waals surface area contributed by atoms with Gasteiger partial charge in [-0.1, -0.05) is 18.2 Å². The van der Waals surface area contributed by atoms with Crippen LogP contribution in [0.4, 0.5) is 0 Å². The Morgan fingerprint density at radius 3 is 2.81 bits per heavy atom. The quantitative estimate of drug-likeness (QED) is 0.828. The molecule has 1 heterocycles. The van der Waals surface area contributed by atoms with Gasteiger partial charge >= 0.3 is 5.97 Å². The number of furan rings is 1. The summed E-state index contributed by atoms with van der Waals surface area (Å²) in [6, 6.07) is 8.95. The molecule has 5 nitrogen and oxygen atoms in total. The third kappa shape index (κ3) is 4.35. The maximum Gasteiger partial charge on any atom is 0.328 e. The molecule has 0 saturated heterocycles. The minimum Gasteiger partial charge on any atom is -0.478 e. The van der Waals surface area contributed by atoms with Gasteiger partial charge in [-0.3, -0.25) is 4.79 Å². The van der Waals surface area contributed by atoms with Gasteiger partial charge in [-0.25, -0.2) is 4.79 Å². The molecule has 1 aromatic carbocycles. The van der Waals surface area contributed by atoms with E-state index in [0.29, 0.717) is 17.9 Å². The van der Waals surface area contributed by atoms with Crippen LogP contribution in [0.25, 0.3) is 6.08 Å². The van der Waals surface area contributed by atoms with Crippen molar-refractivity contribution in [3.8, 4) is 0 Å². The van der Waals surface area contributed by atoms with Crippen LogP contribution in [0, 0.1) is 6.92 Å². The smallest absolute Gasteiger partial charge is 0.328 e. The molecule has 0 aliphatic heterocycles. The Morgan fingerprint density at radius 2 is 2.14 bits per heavy atom. The average molecular weight is 285 g/mol. The number of benzene rings is 1. The van der Waals surface area contributed by atoms with Crippen molar-refractivity contribution >= 4 is 18.0 Å². The van der Waals surface area contributed by atoms with Crippen molar-refractivity contribution in [2.45, 2.75) is 13.5 Å². The summed E-state index contributed by atoms with van der Waals surface area (Å²) in [5.41, 5.74) is 2.13. The Balaban J connectivity index is 1.98. The highest BCUT2D eigenvalue weighted by atomic mass is 16.4. The van der Waals surface area contributed by atoms with Gasteiger partial charge in [0.2, 0.25) is 0 Å². The molecule has 0 aliphatic carbocycles. The molecule has 108 valence electrons. The first-order valence-electron chi connectivity index (χ1n) is 6.38. The molecule has 2 rings (SSSR count). The third-order valence-corrected chi connectivity index (χ3v) is 2.82. The predicted molar refractivity (Wildman–Crippen MR) is 77.7 cm³/mol. The average Bonchev–Trinajstić information content (AvgIpc) is 2.90.